The zero-order chi connectivity index (χ0) is 19.6. The van der Waals surface area contributed by atoms with Crippen LogP contribution in [-0.4, -0.2) is 43.2 Å². The molecule has 1 aliphatic carbocycles. The van der Waals surface area contributed by atoms with E-state index in [1.54, 1.807) is 13.0 Å². The third-order valence-electron chi connectivity index (χ3n) is 5.10. The van der Waals surface area contributed by atoms with Gasteiger partial charge in [0.2, 0.25) is 0 Å². The third kappa shape index (κ3) is 3.23. The molecule has 8 heteroatoms. The molecular formula is C19H21N3O5. The number of hydrogen-bond donors (Lipinski definition) is 0. The zero-order valence-corrected chi connectivity index (χ0v) is 15.4. The number of ketones is 1. The van der Waals surface area contributed by atoms with Gasteiger partial charge in [0.1, 0.15) is 6.10 Å². The third-order valence-corrected chi connectivity index (χ3v) is 5.10. The Labute approximate surface area is 156 Å². The van der Waals surface area contributed by atoms with Gasteiger partial charge in [-0.3, -0.25) is 9.59 Å². The average Bonchev–Trinajstić information content (AvgIpc) is 2.64. The first-order valence-electron chi connectivity index (χ1n) is 8.68. The van der Waals surface area contributed by atoms with Crippen molar-refractivity contribution in [1.29, 1.82) is 0 Å². The molecule has 0 N–H and O–H groups in total. The molecule has 1 aromatic carbocycles. The normalized spacial score (nSPS) is 32.3. The Morgan fingerprint density at radius 3 is 2.78 bits per heavy atom. The van der Waals surface area contributed by atoms with E-state index in [1.165, 1.54) is 20.1 Å². The molecule has 0 amide bonds. The number of fused-ring (bicyclic) bond motifs is 1. The van der Waals surface area contributed by atoms with E-state index < -0.39 is 35.9 Å². The minimum absolute atomic E-state index is 0.175. The first-order chi connectivity index (χ1) is 12.9. The van der Waals surface area contributed by atoms with Crippen molar-refractivity contribution in [3.8, 4) is 0 Å². The van der Waals surface area contributed by atoms with Crippen molar-refractivity contribution in [1.82, 2.24) is 0 Å². The molecule has 1 aromatic rings. The summed E-state index contributed by atoms with van der Waals surface area (Å²) in [7, 11) is 1.46. The molecule has 0 spiro atoms. The maximum atomic E-state index is 13.0. The van der Waals surface area contributed by atoms with Crippen LogP contribution in [0.1, 0.15) is 31.4 Å². The van der Waals surface area contributed by atoms with Gasteiger partial charge in [-0.2, -0.15) is 0 Å². The number of methoxy groups -OCH3 is 1. The molecule has 2 aliphatic rings. The standard InChI is InChI=1S/C19H21N3O5/c1-11-18(27-12(2)23)15(21-22-20)10-17(26-11)19(25-3)14-7-5-4-6-13(14)8-9-16(19)24/h4-9,11,15,17-18H,10H2,1-3H3/t11-,15-,17-,18-,19?/m1/s1. The van der Waals surface area contributed by atoms with Gasteiger partial charge in [0.15, 0.2) is 11.4 Å². The number of azide groups is 1. The fourth-order valence-corrected chi connectivity index (χ4v) is 3.94. The van der Waals surface area contributed by atoms with Crippen LogP contribution >= 0.6 is 0 Å². The van der Waals surface area contributed by atoms with E-state index in [1.807, 2.05) is 24.3 Å². The summed E-state index contributed by atoms with van der Waals surface area (Å²) in [6.45, 7) is 3.01. The SMILES string of the molecule is COC1([C@H]2C[C@@H](N=[N+]=[N-])[C@H](OC(C)=O)[C@@H](C)O2)C(=O)C=Cc2ccccc21. The van der Waals surface area contributed by atoms with Crippen LogP contribution in [0.2, 0.25) is 0 Å². The number of nitrogens with zero attached hydrogens (tertiary/aromatic N) is 3. The monoisotopic (exact) mass is 371 g/mol. The summed E-state index contributed by atoms with van der Waals surface area (Å²) in [5, 5.41) is 3.80. The fourth-order valence-electron chi connectivity index (χ4n) is 3.94. The molecule has 8 nitrogen and oxygen atoms in total. The van der Waals surface area contributed by atoms with Gasteiger partial charge in [0.05, 0.1) is 18.2 Å². The largest absolute Gasteiger partial charge is 0.459 e. The van der Waals surface area contributed by atoms with Crippen LogP contribution in [-0.2, 0) is 29.4 Å². The molecule has 5 atom stereocenters. The summed E-state index contributed by atoms with van der Waals surface area (Å²) in [5.74, 6) is -0.734. The average molecular weight is 371 g/mol. The summed E-state index contributed by atoms with van der Waals surface area (Å²) < 4.78 is 17.2. The minimum Gasteiger partial charge on any atom is -0.459 e. The number of esters is 1. The number of hydrogen-bond acceptors (Lipinski definition) is 6. The van der Waals surface area contributed by atoms with Crippen molar-refractivity contribution in [3.63, 3.8) is 0 Å². The van der Waals surface area contributed by atoms with Gasteiger partial charge in [0.25, 0.3) is 0 Å². The van der Waals surface area contributed by atoms with Gasteiger partial charge in [-0.1, -0.05) is 35.5 Å². The highest BCUT2D eigenvalue weighted by molar-refractivity contribution is 6.04. The van der Waals surface area contributed by atoms with E-state index in [4.69, 9.17) is 19.7 Å². The summed E-state index contributed by atoms with van der Waals surface area (Å²) in [6.07, 6.45) is 1.37. The molecule has 27 heavy (non-hydrogen) atoms. The number of benzene rings is 1. The van der Waals surface area contributed by atoms with Crippen molar-refractivity contribution in [2.75, 3.05) is 7.11 Å². The molecule has 1 heterocycles. The smallest absolute Gasteiger partial charge is 0.303 e. The number of carbonyl (C=O) groups excluding carboxylic acids is 2. The van der Waals surface area contributed by atoms with Crippen molar-refractivity contribution in [3.05, 3.63) is 51.9 Å². The van der Waals surface area contributed by atoms with Crippen LogP contribution in [0.4, 0.5) is 0 Å². The lowest BCUT2D eigenvalue weighted by molar-refractivity contribution is -0.209. The van der Waals surface area contributed by atoms with Crippen molar-refractivity contribution in [2.24, 2.45) is 5.11 Å². The second-order valence-electron chi connectivity index (χ2n) is 6.64. The Hall–Kier alpha value is -2.67. The summed E-state index contributed by atoms with van der Waals surface area (Å²) >= 11 is 0. The first-order valence-corrected chi connectivity index (χ1v) is 8.68. The molecule has 3 rings (SSSR count). The van der Waals surface area contributed by atoms with E-state index >= 15 is 0 Å². The summed E-state index contributed by atoms with van der Waals surface area (Å²) in [5.41, 5.74) is 9.15. The second-order valence-corrected chi connectivity index (χ2v) is 6.64. The number of rotatable bonds is 4. The zero-order valence-electron chi connectivity index (χ0n) is 15.4. The molecule has 0 aromatic heterocycles. The lowest BCUT2D eigenvalue weighted by atomic mass is 9.74. The van der Waals surface area contributed by atoms with Crippen LogP contribution < -0.4 is 0 Å². The Bertz CT molecular complexity index is 832. The predicted octanol–water partition coefficient (Wildman–Crippen LogP) is 2.91. The minimum atomic E-state index is -1.36. The molecular weight excluding hydrogens is 350 g/mol. The van der Waals surface area contributed by atoms with E-state index in [9.17, 15) is 9.59 Å². The Kier molecular flexibility index (Phi) is 5.32. The number of carbonyl (C=O) groups is 2. The molecule has 0 bridgehead atoms. The Morgan fingerprint density at radius 1 is 1.37 bits per heavy atom. The maximum Gasteiger partial charge on any atom is 0.303 e. The van der Waals surface area contributed by atoms with Crippen LogP contribution in [0.25, 0.3) is 16.5 Å². The summed E-state index contributed by atoms with van der Waals surface area (Å²) in [6, 6.07) is 6.76. The van der Waals surface area contributed by atoms with Crippen LogP contribution in [0, 0.1) is 0 Å². The van der Waals surface area contributed by atoms with Gasteiger partial charge >= 0.3 is 5.97 Å². The molecule has 1 unspecified atom stereocenters. The fraction of sp³-hybridized carbons (Fsp3) is 0.474. The van der Waals surface area contributed by atoms with Crippen LogP contribution in [0.15, 0.2) is 35.5 Å². The van der Waals surface area contributed by atoms with Gasteiger partial charge < -0.3 is 14.2 Å². The molecule has 1 saturated heterocycles. The van der Waals surface area contributed by atoms with Crippen molar-refractivity contribution >= 4 is 17.8 Å². The highest BCUT2D eigenvalue weighted by Crippen LogP contribution is 2.43. The lowest BCUT2D eigenvalue weighted by Crippen LogP contribution is -2.58. The predicted molar refractivity (Wildman–Crippen MR) is 96.6 cm³/mol. The topological polar surface area (TPSA) is 111 Å². The molecule has 1 aliphatic heterocycles. The highest BCUT2D eigenvalue weighted by Gasteiger charge is 2.54. The van der Waals surface area contributed by atoms with Gasteiger partial charge in [-0.05, 0) is 30.5 Å². The molecule has 0 saturated carbocycles. The Morgan fingerprint density at radius 2 is 2.11 bits per heavy atom. The van der Waals surface area contributed by atoms with Gasteiger partial charge in [-0.15, -0.1) is 0 Å². The molecule has 1 fully saturated rings. The first kappa shape index (κ1) is 19.1. The quantitative estimate of drug-likeness (QED) is 0.350. The van der Waals surface area contributed by atoms with E-state index in [2.05, 4.69) is 10.0 Å². The molecule has 142 valence electrons. The van der Waals surface area contributed by atoms with Gasteiger partial charge in [0, 0.05) is 24.5 Å². The lowest BCUT2D eigenvalue weighted by Gasteiger charge is -2.46. The van der Waals surface area contributed by atoms with Crippen molar-refractivity contribution < 1.29 is 23.8 Å². The second kappa shape index (κ2) is 7.52. The van der Waals surface area contributed by atoms with E-state index in [0.29, 0.717) is 5.56 Å². The maximum absolute atomic E-state index is 13.0. The van der Waals surface area contributed by atoms with Gasteiger partial charge in [-0.25, -0.2) is 0 Å². The van der Waals surface area contributed by atoms with Crippen LogP contribution in [0.3, 0.4) is 0 Å². The summed E-state index contributed by atoms with van der Waals surface area (Å²) in [4.78, 5) is 27.3. The molecule has 0 radical (unpaired) electrons. The van der Waals surface area contributed by atoms with E-state index in [-0.39, 0.29) is 12.2 Å². The van der Waals surface area contributed by atoms with Crippen LogP contribution in [0.5, 0.6) is 0 Å². The van der Waals surface area contributed by atoms with Crippen molar-refractivity contribution in [2.45, 2.75) is 50.2 Å². The van der Waals surface area contributed by atoms with E-state index in [0.717, 1.165) is 5.56 Å². The Balaban J connectivity index is 2.04. The number of ether oxygens (including phenoxy) is 3. The highest BCUT2D eigenvalue weighted by atomic mass is 16.6.